The van der Waals surface area contributed by atoms with Gasteiger partial charge in [-0.15, -0.1) is 0 Å². The Morgan fingerprint density at radius 2 is 1.80 bits per heavy atom. The van der Waals surface area contributed by atoms with E-state index in [-0.39, 0.29) is 0 Å². The Balaban J connectivity index is 1.58. The summed E-state index contributed by atoms with van der Waals surface area (Å²) in [6, 6.07) is 10.2. The molecule has 1 aromatic carbocycles. The van der Waals surface area contributed by atoms with Crippen molar-refractivity contribution in [1.82, 2.24) is 19.9 Å². The maximum absolute atomic E-state index is 4.72. The molecule has 0 bridgehead atoms. The minimum atomic E-state index is 0.541. The van der Waals surface area contributed by atoms with E-state index >= 15 is 0 Å². The van der Waals surface area contributed by atoms with Crippen LogP contribution in [-0.4, -0.2) is 65.5 Å². The predicted octanol–water partition coefficient (Wildman–Crippen LogP) is 3.34. The number of nitrogens with one attached hydrogen (secondary N) is 1. The number of hydrogen-bond acceptors (Lipinski definition) is 7. The highest BCUT2D eigenvalue weighted by molar-refractivity contribution is 6.04. The molecule has 0 atom stereocenters. The van der Waals surface area contributed by atoms with E-state index in [1.165, 1.54) is 5.57 Å². The molecule has 1 N–H and O–H groups in total. The summed E-state index contributed by atoms with van der Waals surface area (Å²) in [6.07, 6.45) is 8.28. The molecule has 7 heteroatoms. The van der Waals surface area contributed by atoms with Crippen LogP contribution in [0.1, 0.15) is 31.2 Å². The first-order chi connectivity index (χ1) is 14.7. The van der Waals surface area contributed by atoms with Crippen LogP contribution in [0.25, 0.3) is 12.2 Å². The topological polar surface area (TPSA) is 69.5 Å². The zero-order valence-corrected chi connectivity index (χ0v) is 17.8. The van der Waals surface area contributed by atoms with Gasteiger partial charge in [0.25, 0.3) is 0 Å². The van der Waals surface area contributed by atoms with Crippen molar-refractivity contribution in [2.24, 2.45) is 4.99 Å². The number of amidine groups is 1. The van der Waals surface area contributed by atoms with Crippen molar-refractivity contribution in [3.05, 3.63) is 53.4 Å². The molecular weight excluding hydrogens is 374 g/mol. The average molecular weight is 404 g/mol. The molecule has 2 aliphatic rings. The van der Waals surface area contributed by atoms with E-state index in [1.807, 2.05) is 30.4 Å². The molecule has 0 spiro atoms. The van der Waals surface area contributed by atoms with Crippen molar-refractivity contribution in [2.75, 3.05) is 50.0 Å². The van der Waals surface area contributed by atoms with Gasteiger partial charge in [-0.1, -0.05) is 49.8 Å². The second kappa shape index (κ2) is 9.63. The van der Waals surface area contributed by atoms with Gasteiger partial charge >= 0.3 is 0 Å². The molecule has 1 fully saturated rings. The predicted molar refractivity (Wildman–Crippen MR) is 124 cm³/mol. The number of aromatic nitrogens is 3. The summed E-state index contributed by atoms with van der Waals surface area (Å²) in [7, 11) is 2.14. The number of hydrogen-bond donors (Lipinski definition) is 1. The third-order valence-electron chi connectivity index (χ3n) is 5.26. The molecule has 2 aromatic rings. The lowest BCUT2D eigenvalue weighted by atomic mass is 10.1. The first-order valence-electron chi connectivity index (χ1n) is 10.6. The van der Waals surface area contributed by atoms with Crippen LogP contribution in [0.4, 0.5) is 11.9 Å². The van der Waals surface area contributed by atoms with Crippen molar-refractivity contribution in [2.45, 2.75) is 19.8 Å². The Morgan fingerprint density at radius 1 is 1.00 bits per heavy atom. The fourth-order valence-electron chi connectivity index (χ4n) is 3.53. The largest absolute Gasteiger partial charge is 0.338 e. The van der Waals surface area contributed by atoms with Gasteiger partial charge in [0.1, 0.15) is 5.84 Å². The zero-order valence-electron chi connectivity index (χ0n) is 17.8. The van der Waals surface area contributed by atoms with Crippen molar-refractivity contribution in [1.29, 1.82) is 0 Å². The van der Waals surface area contributed by atoms with Gasteiger partial charge in [-0.05, 0) is 36.8 Å². The van der Waals surface area contributed by atoms with Crippen LogP contribution in [-0.2, 0) is 0 Å². The van der Waals surface area contributed by atoms with Crippen LogP contribution in [0.5, 0.6) is 0 Å². The maximum Gasteiger partial charge on any atom is 0.233 e. The average Bonchev–Trinajstić information content (AvgIpc) is 3.20. The lowest BCUT2D eigenvalue weighted by Gasteiger charge is -2.32. The highest BCUT2D eigenvalue weighted by atomic mass is 15.3. The molecule has 30 heavy (non-hydrogen) atoms. The summed E-state index contributed by atoms with van der Waals surface area (Å²) >= 11 is 0. The van der Waals surface area contributed by atoms with Gasteiger partial charge in [0.05, 0.1) is 6.54 Å². The molecule has 0 unspecified atom stereocenters. The van der Waals surface area contributed by atoms with Gasteiger partial charge in [0, 0.05) is 26.2 Å². The highest BCUT2D eigenvalue weighted by Crippen LogP contribution is 2.17. The van der Waals surface area contributed by atoms with Crippen LogP contribution >= 0.6 is 0 Å². The molecule has 3 heterocycles. The minimum Gasteiger partial charge on any atom is -0.338 e. The monoisotopic (exact) mass is 403 g/mol. The van der Waals surface area contributed by atoms with Gasteiger partial charge in [0.2, 0.25) is 11.9 Å². The van der Waals surface area contributed by atoms with Crippen LogP contribution in [0.15, 0.2) is 47.0 Å². The van der Waals surface area contributed by atoms with Gasteiger partial charge in [-0.2, -0.15) is 15.0 Å². The summed E-state index contributed by atoms with van der Waals surface area (Å²) in [5.41, 5.74) is 2.46. The molecule has 1 saturated heterocycles. The van der Waals surface area contributed by atoms with Crippen molar-refractivity contribution in [3.8, 4) is 0 Å². The Hall–Kier alpha value is -3.06. The quantitative estimate of drug-likeness (QED) is 0.798. The van der Waals surface area contributed by atoms with Crippen molar-refractivity contribution < 1.29 is 0 Å². The highest BCUT2D eigenvalue weighted by Gasteiger charge is 2.19. The Labute approximate surface area is 178 Å². The van der Waals surface area contributed by atoms with Gasteiger partial charge in [-0.25, -0.2) is 0 Å². The van der Waals surface area contributed by atoms with E-state index in [2.05, 4.69) is 57.3 Å². The molecule has 156 valence electrons. The van der Waals surface area contributed by atoms with Crippen molar-refractivity contribution in [3.63, 3.8) is 0 Å². The number of likely N-dealkylation sites (N-methyl/N-ethyl adjacent to an activating group) is 1. The summed E-state index contributed by atoms with van der Waals surface area (Å²) in [5.74, 6) is 2.72. The third-order valence-corrected chi connectivity index (χ3v) is 5.26. The second-order valence-corrected chi connectivity index (χ2v) is 7.73. The molecule has 4 rings (SSSR count). The molecule has 2 aliphatic heterocycles. The fraction of sp³-hybridized carbons (Fsp3) is 0.391. The summed E-state index contributed by atoms with van der Waals surface area (Å²) < 4.78 is 0. The molecule has 0 amide bonds. The van der Waals surface area contributed by atoms with E-state index < -0.39 is 0 Å². The first kappa shape index (κ1) is 20.2. The molecule has 0 saturated carbocycles. The lowest BCUT2D eigenvalue weighted by molar-refractivity contribution is 0.311. The first-order valence-corrected chi connectivity index (χ1v) is 10.6. The molecule has 1 aromatic heterocycles. The standard InChI is InChI=1S/C23H29N7/c1-3-7-19-16-21(24-17-19)26-22-25-20(11-10-18-8-5-4-6-9-18)27-23(28-22)30-14-12-29(2)13-15-30/h4-6,8-11,16H,3,7,12-15,17H2,1-2H3,(H,24,25,26,27,28)/b11-10+. The smallest absolute Gasteiger partial charge is 0.233 e. The number of benzene rings is 1. The van der Waals surface area contributed by atoms with Gasteiger partial charge < -0.3 is 15.1 Å². The third kappa shape index (κ3) is 5.30. The molecule has 7 nitrogen and oxygen atoms in total. The van der Waals surface area contributed by atoms with Crippen LogP contribution < -0.4 is 10.2 Å². The van der Waals surface area contributed by atoms with E-state index in [0.29, 0.717) is 17.7 Å². The molecule has 0 aliphatic carbocycles. The van der Waals surface area contributed by atoms with Gasteiger partial charge in [0.15, 0.2) is 5.82 Å². The summed E-state index contributed by atoms with van der Waals surface area (Å²) in [5, 5.41) is 3.30. The minimum absolute atomic E-state index is 0.541. The Bertz CT molecular complexity index is 941. The number of rotatable bonds is 6. The second-order valence-electron chi connectivity index (χ2n) is 7.73. The number of nitrogens with zero attached hydrogens (tertiary/aromatic N) is 6. The van der Waals surface area contributed by atoms with Crippen LogP contribution in [0, 0.1) is 0 Å². The lowest BCUT2D eigenvalue weighted by Crippen LogP contribution is -2.45. The molecule has 0 radical (unpaired) electrons. The number of anilines is 2. The zero-order chi connectivity index (χ0) is 20.8. The Kier molecular flexibility index (Phi) is 6.49. The van der Waals surface area contributed by atoms with Crippen molar-refractivity contribution >= 4 is 29.9 Å². The van der Waals surface area contributed by atoms with Gasteiger partial charge in [-0.3, -0.25) is 4.99 Å². The van der Waals surface area contributed by atoms with E-state index in [4.69, 9.17) is 9.97 Å². The summed E-state index contributed by atoms with van der Waals surface area (Å²) in [6.45, 7) is 6.75. The fourth-order valence-corrected chi connectivity index (χ4v) is 3.53. The normalized spacial score (nSPS) is 17.3. The number of aliphatic imine (C=N–C) groups is 1. The van der Waals surface area contributed by atoms with E-state index in [1.54, 1.807) is 0 Å². The van der Waals surface area contributed by atoms with Crippen LogP contribution in [0.3, 0.4) is 0 Å². The number of piperazine rings is 1. The van der Waals surface area contributed by atoms with E-state index in [0.717, 1.165) is 57.0 Å². The van der Waals surface area contributed by atoms with E-state index in [9.17, 15) is 0 Å². The Morgan fingerprint density at radius 3 is 2.57 bits per heavy atom. The van der Waals surface area contributed by atoms with Crippen LogP contribution in [0.2, 0.25) is 0 Å². The summed E-state index contributed by atoms with van der Waals surface area (Å²) in [4.78, 5) is 23.2. The maximum atomic E-state index is 4.72. The SMILES string of the molecule is CCCC1=CC(Nc2nc(/C=C/c3ccccc3)nc(N3CCN(C)CC3)n2)=NC1. The molecular formula is C23H29N7.